The summed E-state index contributed by atoms with van der Waals surface area (Å²) in [7, 11) is 0. The maximum atomic E-state index is 14.2. The number of hydrogen-bond acceptors (Lipinski definition) is 8. The van der Waals surface area contributed by atoms with Crippen LogP contribution in [-0.2, 0) is 20.9 Å². The molecule has 0 saturated carbocycles. The molecule has 0 aliphatic heterocycles. The van der Waals surface area contributed by atoms with Crippen molar-refractivity contribution < 1.29 is 51.4 Å². The second kappa shape index (κ2) is 16.6. The fourth-order valence-corrected chi connectivity index (χ4v) is 5.41. The zero-order valence-electron chi connectivity index (χ0n) is 30.2. The lowest BCUT2D eigenvalue weighted by Crippen LogP contribution is -2.34. The molecule has 3 amide bonds. The highest BCUT2D eigenvalue weighted by molar-refractivity contribution is 6.15. The summed E-state index contributed by atoms with van der Waals surface area (Å²) < 4.78 is 57.3. The van der Waals surface area contributed by atoms with E-state index in [2.05, 4.69) is 10.6 Å². The van der Waals surface area contributed by atoms with Gasteiger partial charge in [0.15, 0.2) is 0 Å². The van der Waals surface area contributed by atoms with Crippen molar-refractivity contribution in [3.63, 3.8) is 0 Å². The van der Waals surface area contributed by atoms with Gasteiger partial charge in [-0.3, -0.25) is 14.4 Å². The average molecular weight is 759 g/mol. The predicted molar refractivity (Wildman–Crippen MR) is 196 cm³/mol. The van der Waals surface area contributed by atoms with Gasteiger partial charge in [0.05, 0.1) is 34.7 Å². The number of ether oxygens (including phenoxy) is 3. The number of esters is 1. The van der Waals surface area contributed by atoms with Gasteiger partial charge in [0.2, 0.25) is 5.78 Å². The third kappa shape index (κ3) is 10.1. The molecule has 0 spiro atoms. The van der Waals surface area contributed by atoms with Gasteiger partial charge in [0, 0.05) is 22.9 Å². The molecule has 55 heavy (non-hydrogen) atoms. The summed E-state index contributed by atoms with van der Waals surface area (Å²) in [6, 6.07) is 23.2. The molecule has 2 heterocycles. The van der Waals surface area contributed by atoms with Crippen LogP contribution in [0.4, 0.5) is 29.3 Å². The van der Waals surface area contributed by atoms with Crippen LogP contribution < -0.4 is 20.7 Å². The fraction of sp³-hybridized carbons (Fsp3) is 0.225. The van der Waals surface area contributed by atoms with E-state index in [1.807, 2.05) is 0 Å². The molecule has 2 aromatic heterocycles. The third-order valence-corrected chi connectivity index (χ3v) is 7.90. The van der Waals surface area contributed by atoms with Gasteiger partial charge >= 0.3 is 24.1 Å². The fourth-order valence-electron chi connectivity index (χ4n) is 5.41. The van der Waals surface area contributed by atoms with Crippen LogP contribution >= 0.6 is 0 Å². The lowest BCUT2D eigenvalue weighted by atomic mass is 10.0. The summed E-state index contributed by atoms with van der Waals surface area (Å²) in [4.78, 5) is 64.7. The molecule has 5 rings (SSSR count). The average Bonchev–Trinajstić information content (AvgIpc) is 3.41. The van der Waals surface area contributed by atoms with E-state index in [0.29, 0.717) is 28.1 Å². The van der Waals surface area contributed by atoms with Crippen LogP contribution in [0.3, 0.4) is 0 Å². The van der Waals surface area contributed by atoms with E-state index < -0.39 is 52.7 Å². The number of aromatic nitrogens is 1. The van der Waals surface area contributed by atoms with Crippen LogP contribution in [0.1, 0.15) is 68.7 Å². The number of nitrogens with one attached hydrogen (secondary N) is 3. The van der Waals surface area contributed by atoms with E-state index in [1.54, 1.807) is 106 Å². The van der Waals surface area contributed by atoms with Crippen LogP contribution in [0, 0.1) is 6.92 Å². The molecular formula is C40H37F3N4O8. The van der Waals surface area contributed by atoms with E-state index in [-0.39, 0.29) is 36.6 Å². The van der Waals surface area contributed by atoms with Gasteiger partial charge in [-0.25, -0.2) is 9.59 Å². The van der Waals surface area contributed by atoms with Gasteiger partial charge in [-0.2, -0.15) is 13.2 Å². The topological polar surface area (TPSA) is 154 Å². The summed E-state index contributed by atoms with van der Waals surface area (Å²) in [6.45, 7) is 6.87. The number of rotatable bonds is 12. The zero-order valence-corrected chi connectivity index (χ0v) is 30.2. The summed E-state index contributed by atoms with van der Waals surface area (Å²) >= 11 is 0. The second-order valence-electron chi connectivity index (χ2n) is 13.2. The van der Waals surface area contributed by atoms with Gasteiger partial charge in [0.1, 0.15) is 24.6 Å². The molecule has 0 saturated heterocycles. The van der Waals surface area contributed by atoms with Crippen molar-refractivity contribution in [1.29, 1.82) is 0 Å². The largest absolute Gasteiger partial charge is 0.492 e. The third-order valence-electron chi connectivity index (χ3n) is 7.90. The Hall–Kier alpha value is -6.64. The van der Waals surface area contributed by atoms with Crippen molar-refractivity contribution in [2.75, 3.05) is 23.8 Å². The Morgan fingerprint density at radius 1 is 0.800 bits per heavy atom. The van der Waals surface area contributed by atoms with Crippen molar-refractivity contribution in [3.8, 4) is 5.75 Å². The van der Waals surface area contributed by atoms with Crippen LogP contribution in [0.25, 0.3) is 5.52 Å². The highest BCUT2D eigenvalue weighted by atomic mass is 19.4. The summed E-state index contributed by atoms with van der Waals surface area (Å²) in [5, 5.41) is 7.14. The minimum absolute atomic E-state index is 0.0937. The molecule has 0 atom stereocenters. The first kappa shape index (κ1) is 39.6. The van der Waals surface area contributed by atoms with Crippen LogP contribution in [0.15, 0.2) is 97.2 Å². The van der Waals surface area contributed by atoms with Gasteiger partial charge in [0.25, 0.3) is 5.91 Å². The summed E-state index contributed by atoms with van der Waals surface area (Å²) in [5.41, 5.74) is 0.293. The maximum absolute atomic E-state index is 14.2. The molecule has 0 aliphatic carbocycles. The molecule has 5 aromatic rings. The van der Waals surface area contributed by atoms with Crippen molar-refractivity contribution in [2.24, 2.45) is 0 Å². The predicted octanol–water partition coefficient (Wildman–Crippen LogP) is 7.49. The van der Waals surface area contributed by atoms with Gasteiger partial charge < -0.3 is 34.6 Å². The minimum Gasteiger partial charge on any atom is -0.492 e. The number of fused-ring (bicyclic) bond motifs is 1. The monoisotopic (exact) mass is 758 g/mol. The number of amides is 3. The Balaban J connectivity index is 1.39. The molecule has 286 valence electrons. The number of pyridine rings is 1. The lowest BCUT2D eigenvalue weighted by molar-refractivity contribution is -0.167. The number of carbonyl (C=O) groups is 5. The molecule has 3 N–H and O–H groups in total. The van der Waals surface area contributed by atoms with Crippen LogP contribution in [-0.4, -0.2) is 59.0 Å². The molecule has 0 fully saturated rings. The van der Waals surface area contributed by atoms with E-state index in [9.17, 15) is 37.1 Å². The molecule has 12 nitrogen and oxygen atoms in total. The lowest BCUT2D eigenvalue weighted by Gasteiger charge is -2.19. The van der Waals surface area contributed by atoms with E-state index >= 15 is 0 Å². The highest BCUT2D eigenvalue weighted by Crippen LogP contribution is 2.32. The number of alkyl carbamates (subject to hydrolysis) is 1. The molecular weight excluding hydrogens is 721 g/mol. The standard InChI is InChI=1S/C40H37F3N4O8/c1-24-32(46-35(49)27-13-10-14-28(21-27)53-20-18-44-38(52)55-39(2,3)4)31-15-8-9-19-47(31)33(24)34(48)26-16-17-30(45-37(51)40(41,42)43)29(22-26)36(50)54-23-25-11-6-5-7-12-25/h5-17,19,21-22H,18,20,23H2,1-4H3,(H,44,52)(H,45,51)(H,46,49). The Morgan fingerprint density at radius 2 is 1.53 bits per heavy atom. The van der Waals surface area contributed by atoms with Gasteiger partial charge in [-0.15, -0.1) is 0 Å². The molecule has 3 aromatic carbocycles. The first-order valence-electron chi connectivity index (χ1n) is 16.9. The maximum Gasteiger partial charge on any atom is 0.471 e. The van der Waals surface area contributed by atoms with Crippen molar-refractivity contribution in [2.45, 2.75) is 46.1 Å². The highest BCUT2D eigenvalue weighted by Gasteiger charge is 2.39. The molecule has 15 heteroatoms. The number of anilines is 2. The van der Waals surface area contributed by atoms with Crippen LogP contribution in [0.2, 0.25) is 0 Å². The normalized spacial score (nSPS) is 11.4. The van der Waals surface area contributed by atoms with Gasteiger partial charge in [-0.1, -0.05) is 42.5 Å². The Bertz CT molecular complexity index is 2240. The summed E-state index contributed by atoms with van der Waals surface area (Å²) in [5.74, 6) is -4.19. The van der Waals surface area contributed by atoms with Gasteiger partial charge in [-0.05, 0) is 81.8 Å². The minimum atomic E-state index is -5.25. The van der Waals surface area contributed by atoms with E-state index in [1.165, 1.54) is 16.5 Å². The smallest absolute Gasteiger partial charge is 0.471 e. The van der Waals surface area contributed by atoms with E-state index in [4.69, 9.17) is 14.2 Å². The Kier molecular flexibility index (Phi) is 11.9. The zero-order chi connectivity index (χ0) is 39.9. The number of nitrogens with zero attached hydrogens (tertiary/aromatic N) is 1. The summed E-state index contributed by atoms with van der Waals surface area (Å²) in [6.07, 6.45) is -4.25. The quantitative estimate of drug-likeness (QED) is 0.0672. The number of benzene rings is 3. The SMILES string of the molecule is Cc1c(NC(=O)c2cccc(OCCNC(=O)OC(C)(C)C)c2)c2ccccn2c1C(=O)c1ccc(NC(=O)C(F)(F)F)c(C(=O)OCc2ccccc2)c1. The second-order valence-corrected chi connectivity index (χ2v) is 13.2. The van der Waals surface area contributed by atoms with E-state index in [0.717, 1.165) is 12.1 Å². The van der Waals surface area contributed by atoms with Crippen molar-refractivity contribution in [1.82, 2.24) is 9.72 Å². The number of hydrogen-bond donors (Lipinski definition) is 3. The number of carbonyl (C=O) groups excluding carboxylic acids is 5. The molecule has 0 unspecified atom stereocenters. The first-order chi connectivity index (χ1) is 26.0. The number of alkyl halides is 3. The molecule has 0 radical (unpaired) electrons. The van der Waals surface area contributed by atoms with Crippen molar-refractivity contribution in [3.05, 3.63) is 131 Å². The Morgan fingerprint density at radius 3 is 2.24 bits per heavy atom. The number of ketones is 1. The molecule has 0 bridgehead atoms. The first-order valence-corrected chi connectivity index (χ1v) is 16.9. The molecule has 0 aliphatic rings. The van der Waals surface area contributed by atoms with Crippen LogP contribution in [0.5, 0.6) is 5.75 Å². The number of halogens is 3. The Labute approximate surface area is 313 Å². The van der Waals surface area contributed by atoms with Crippen molar-refractivity contribution >= 4 is 46.6 Å².